The second kappa shape index (κ2) is 6.98. The van der Waals surface area contributed by atoms with Crippen molar-refractivity contribution in [2.45, 2.75) is 18.9 Å². The standard InChI is InChI=1S/C17H23O5PSi/c1-19-24(20-2,21-3)13-12-23(18)17-11-7-5-9-15(17)14-8-4-6-10-16(14)22-23/h4,6-8,10-11H,5,9,12-13H2,1-3H3. The molecule has 1 aliphatic heterocycles. The van der Waals surface area contributed by atoms with E-state index in [9.17, 15) is 4.57 Å². The number of rotatable bonds is 6. The summed E-state index contributed by atoms with van der Waals surface area (Å²) in [6.07, 6.45) is 6.21. The highest BCUT2D eigenvalue weighted by atomic mass is 31.2. The van der Waals surface area contributed by atoms with Gasteiger partial charge in [0.25, 0.3) is 7.37 Å². The summed E-state index contributed by atoms with van der Waals surface area (Å²) < 4.78 is 36.1. The monoisotopic (exact) mass is 366 g/mol. The van der Waals surface area contributed by atoms with E-state index in [1.807, 2.05) is 30.3 Å². The summed E-state index contributed by atoms with van der Waals surface area (Å²) in [7, 11) is -1.12. The minimum absolute atomic E-state index is 0.340. The van der Waals surface area contributed by atoms with Crippen molar-refractivity contribution in [3.8, 4) is 5.75 Å². The van der Waals surface area contributed by atoms with E-state index < -0.39 is 16.2 Å². The first-order valence-electron chi connectivity index (χ1n) is 8.01. The van der Waals surface area contributed by atoms with Gasteiger partial charge in [0, 0.05) is 39.1 Å². The lowest BCUT2D eigenvalue weighted by Crippen LogP contribution is -2.43. The van der Waals surface area contributed by atoms with Crippen molar-refractivity contribution in [3.05, 3.63) is 47.3 Å². The number of hydrogen-bond acceptors (Lipinski definition) is 5. The van der Waals surface area contributed by atoms with Gasteiger partial charge in [0.1, 0.15) is 5.75 Å². The molecule has 1 unspecified atom stereocenters. The maximum absolute atomic E-state index is 13.7. The Hall–Kier alpha value is -1.17. The summed E-state index contributed by atoms with van der Waals surface area (Å²) in [5, 5.41) is 0.832. The fourth-order valence-electron chi connectivity index (χ4n) is 3.25. The molecular formula is C17H23O5PSi. The zero-order chi connectivity index (χ0) is 17.2. The molecule has 3 rings (SSSR count). The Kier molecular flexibility index (Phi) is 5.13. The van der Waals surface area contributed by atoms with E-state index in [1.165, 1.54) is 0 Å². The predicted molar refractivity (Wildman–Crippen MR) is 96.4 cm³/mol. The third kappa shape index (κ3) is 3.05. The molecule has 0 saturated carbocycles. The lowest BCUT2D eigenvalue weighted by Gasteiger charge is -2.33. The van der Waals surface area contributed by atoms with Gasteiger partial charge in [-0.2, -0.15) is 0 Å². The molecule has 1 aromatic rings. The van der Waals surface area contributed by atoms with Gasteiger partial charge in [-0.25, -0.2) is 0 Å². The Balaban J connectivity index is 1.96. The summed E-state index contributed by atoms with van der Waals surface area (Å²) in [5.74, 6) is 0.703. The molecule has 0 bridgehead atoms. The van der Waals surface area contributed by atoms with E-state index in [0.717, 1.165) is 29.3 Å². The second-order valence-electron chi connectivity index (χ2n) is 5.83. The molecule has 130 valence electrons. The van der Waals surface area contributed by atoms with Gasteiger partial charge in [-0.05, 0) is 24.5 Å². The molecule has 1 aromatic carbocycles. The molecular weight excluding hydrogens is 343 g/mol. The van der Waals surface area contributed by atoms with Crippen LogP contribution in [0.25, 0.3) is 5.57 Å². The molecule has 0 radical (unpaired) electrons. The van der Waals surface area contributed by atoms with Crippen LogP contribution in [-0.4, -0.2) is 36.3 Å². The van der Waals surface area contributed by atoms with Crippen LogP contribution in [0.2, 0.25) is 6.04 Å². The normalized spacial score (nSPS) is 22.8. The lowest BCUT2D eigenvalue weighted by atomic mass is 9.96. The van der Waals surface area contributed by atoms with Crippen molar-refractivity contribution in [1.82, 2.24) is 0 Å². The maximum Gasteiger partial charge on any atom is 0.500 e. The van der Waals surface area contributed by atoms with Gasteiger partial charge in [-0.15, -0.1) is 0 Å². The van der Waals surface area contributed by atoms with Crippen LogP contribution in [0.5, 0.6) is 5.75 Å². The van der Waals surface area contributed by atoms with Crippen molar-refractivity contribution in [3.63, 3.8) is 0 Å². The number of hydrogen-bond donors (Lipinski definition) is 0. The molecule has 0 aromatic heterocycles. The van der Waals surface area contributed by atoms with Gasteiger partial charge in [-0.3, -0.25) is 4.57 Å². The van der Waals surface area contributed by atoms with Gasteiger partial charge in [0.05, 0.1) is 5.31 Å². The molecule has 2 aliphatic rings. The Labute approximate surface area is 144 Å². The van der Waals surface area contributed by atoms with Crippen molar-refractivity contribution >= 4 is 21.7 Å². The largest absolute Gasteiger partial charge is 0.500 e. The SMILES string of the molecule is CO[Si](CCP1(=O)Oc2ccccc2C2=C1C=CCC2)(OC)OC. The van der Waals surface area contributed by atoms with Gasteiger partial charge in [-0.1, -0.05) is 30.4 Å². The summed E-state index contributed by atoms with van der Waals surface area (Å²) in [5.41, 5.74) is 2.19. The fraction of sp³-hybridized carbons (Fsp3) is 0.412. The maximum atomic E-state index is 13.7. The van der Waals surface area contributed by atoms with Crippen LogP contribution in [0.1, 0.15) is 18.4 Å². The van der Waals surface area contributed by atoms with Crippen LogP contribution in [-0.2, 0) is 17.8 Å². The van der Waals surface area contributed by atoms with Crippen LogP contribution in [0.15, 0.2) is 41.7 Å². The van der Waals surface area contributed by atoms with E-state index in [-0.39, 0.29) is 0 Å². The predicted octanol–water partition coefficient (Wildman–Crippen LogP) is 4.30. The van der Waals surface area contributed by atoms with Crippen LogP contribution >= 0.6 is 7.37 Å². The van der Waals surface area contributed by atoms with E-state index in [0.29, 0.717) is 18.0 Å². The third-order valence-corrected chi connectivity index (χ3v) is 10.2. The molecule has 1 atom stereocenters. The number of para-hydroxylation sites is 1. The zero-order valence-corrected chi connectivity index (χ0v) is 16.2. The van der Waals surface area contributed by atoms with E-state index in [4.69, 9.17) is 17.8 Å². The summed E-state index contributed by atoms with van der Waals surface area (Å²) >= 11 is 0. The van der Waals surface area contributed by atoms with Crippen molar-refractivity contribution in [2.24, 2.45) is 0 Å². The highest BCUT2D eigenvalue weighted by Gasteiger charge is 2.44. The molecule has 0 saturated heterocycles. The van der Waals surface area contributed by atoms with Crippen LogP contribution in [0, 0.1) is 0 Å². The highest BCUT2D eigenvalue weighted by molar-refractivity contribution is 7.64. The molecule has 0 amide bonds. The molecule has 0 spiro atoms. The Bertz CT molecular complexity index is 715. The Morgan fingerprint density at radius 1 is 1.17 bits per heavy atom. The first-order chi connectivity index (χ1) is 11.6. The van der Waals surface area contributed by atoms with Crippen LogP contribution in [0.4, 0.5) is 0 Å². The number of allylic oxidation sites excluding steroid dienone is 4. The van der Waals surface area contributed by atoms with Gasteiger partial charge in [0.2, 0.25) is 0 Å². The molecule has 0 N–H and O–H groups in total. The average Bonchev–Trinajstić information content (AvgIpc) is 2.64. The molecule has 7 heteroatoms. The van der Waals surface area contributed by atoms with Crippen LogP contribution < -0.4 is 4.52 Å². The van der Waals surface area contributed by atoms with E-state index in [1.54, 1.807) is 21.3 Å². The first kappa shape index (κ1) is 17.6. The summed E-state index contributed by atoms with van der Waals surface area (Å²) in [6, 6.07) is 8.26. The smallest absolute Gasteiger partial charge is 0.439 e. The van der Waals surface area contributed by atoms with E-state index in [2.05, 4.69) is 6.08 Å². The van der Waals surface area contributed by atoms with Gasteiger partial charge < -0.3 is 17.8 Å². The van der Waals surface area contributed by atoms with Crippen molar-refractivity contribution in [2.75, 3.05) is 27.5 Å². The fourth-order valence-corrected chi connectivity index (χ4v) is 8.52. The second-order valence-corrected chi connectivity index (χ2v) is 11.4. The Morgan fingerprint density at radius 3 is 2.58 bits per heavy atom. The average molecular weight is 366 g/mol. The summed E-state index contributed by atoms with van der Waals surface area (Å²) in [4.78, 5) is 0. The minimum Gasteiger partial charge on any atom is -0.439 e. The third-order valence-electron chi connectivity index (χ3n) is 4.62. The molecule has 24 heavy (non-hydrogen) atoms. The summed E-state index contributed by atoms with van der Waals surface area (Å²) in [6.45, 7) is 0. The zero-order valence-electron chi connectivity index (χ0n) is 14.3. The topological polar surface area (TPSA) is 54.0 Å². The first-order valence-corrected chi connectivity index (χ1v) is 11.8. The number of benzene rings is 1. The lowest BCUT2D eigenvalue weighted by molar-refractivity contribution is 0.125. The molecule has 0 fully saturated rings. The van der Waals surface area contributed by atoms with Crippen LogP contribution in [0.3, 0.4) is 0 Å². The quantitative estimate of drug-likeness (QED) is 0.555. The van der Waals surface area contributed by atoms with Crippen molar-refractivity contribution < 1.29 is 22.4 Å². The van der Waals surface area contributed by atoms with Gasteiger partial charge in [0.15, 0.2) is 0 Å². The van der Waals surface area contributed by atoms with Crippen molar-refractivity contribution in [1.29, 1.82) is 0 Å². The molecule has 1 heterocycles. The molecule has 1 aliphatic carbocycles. The number of fused-ring (bicyclic) bond motifs is 2. The van der Waals surface area contributed by atoms with Gasteiger partial charge >= 0.3 is 8.80 Å². The minimum atomic E-state index is -3.03. The van der Waals surface area contributed by atoms with E-state index >= 15 is 0 Å². The Morgan fingerprint density at radius 2 is 1.88 bits per heavy atom. The molecule has 5 nitrogen and oxygen atoms in total. The highest BCUT2D eigenvalue weighted by Crippen LogP contribution is 2.64.